The van der Waals surface area contributed by atoms with Gasteiger partial charge in [-0.25, -0.2) is 13.4 Å². The summed E-state index contributed by atoms with van der Waals surface area (Å²) < 4.78 is 27.6. The predicted octanol–water partition coefficient (Wildman–Crippen LogP) is 3.35. The summed E-state index contributed by atoms with van der Waals surface area (Å²) in [6.07, 6.45) is 1.67. The molecule has 0 saturated carbocycles. The summed E-state index contributed by atoms with van der Waals surface area (Å²) in [6, 6.07) is 3.67. The van der Waals surface area contributed by atoms with Gasteiger partial charge in [-0.1, -0.05) is 0 Å². The summed E-state index contributed by atoms with van der Waals surface area (Å²) in [4.78, 5) is 5.33. The second-order valence-corrected chi connectivity index (χ2v) is 10.3. The number of thiazole rings is 1. The van der Waals surface area contributed by atoms with Gasteiger partial charge < -0.3 is 5.73 Å². The summed E-state index contributed by atoms with van der Waals surface area (Å²) >= 11 is 2.87. The minimum atomic E-state index is -3.40. The van der Waals surface area contributed by atoms with E-state index in [2.05, 4.69) is 4.98 Å². The number of aromatic nitrogens is 1. The van der Waals surface area contributed by atoms with Crippen LogP contribution >= 0.6 is 35.1 Å². The molecule has 5 nitrogen and oxygen atoms in total. The van der Waals surface area contributed by atoms with Gasteiger partial charge in [0.2, 0.25) is 0 Å². The van der Waals surface area contributed by atoms with Gasteiger partial charge in [0.1, 0.15) is 4.21 Å². The van der Waals surface area contributed by atoms with E-state index in [1.54, 1.807) is 21.7 Å². The Labute approximate surface area is 157 Å². The quantitative estimate of drug-likeness (QED) is 0.843. The fourth-order valence-electron chi connectivity index (χ4n) is 2.84. The first-order valence-electron chi connectivity index (χ1n) is 7.66. The lowest BCUT2D eigenvalue weighted by Gasteiger charge is -2.32. The van der Waals surface area contributed by atoms with E-state index in [0.29, 0.717) is 23.2 Å². The third-order valence-electron chi connectivity index (χ3n) is 4.29. The van der Waals surface area contributed by atoms with E-state index in [0.717, 1.165) is 28.4 Å². The fourth-order valence-corrected chi connectivity index (χ4v) is 6.42. The average molecular weight is 408 g/mol. The molecule has 2 N–H and O–H groups in total. The number of hydrogen-bond donors (Lipinski definition) is 1. The smallest absolute Gasteiger partial charge is 0.252 e. The van der Waals surface area contributed by atoms with Crippen molar-refractivity contribution in [1.82, 2.24) is 9.29 Å². The second kappa shape index (κ2) is 7.80. The van der Waals surface area contributed by atoms with Crippen molar-refractivity contribution >= 4 is 45.1 Å². The Hall–Kier alpha value is -0.510. The molecule has 2 aromatic rings. The van der Waals surface area contributed by atoms with E-state index in [4.69, 9.17) is 5.73 Å². The van der Waals surface area contributed by atoms with Crippen molar-refractivity contribution in [3.63, 3.8) is 0 Å². The number of sulfonamides is 1. The average Bonchev–Trinajstić information content (AvgIpc) is 3.16. The normalized spacial score (nSPS) is 18.3. The highest BCUT2D eigenvalue weighted by Crippen LogP contribution is 2.34. The molecule has 0 aliphatic carbocycles. The number of nitrogens with two attached hydrogens (primary N) is 1. The van der Waals surface area contributed by atoms with Gasteiger partial charge in [0.05, 0.1) is 15.6 Å². The van der Waals surface area contributed by atoms with Gasteiger partial charge in [0.25, 0.3) is 10.0 Å². The zero-order valence-electron chi connectivity index (χ0n) is 13.6. The summed E-state index contributed by atoms with van der Waals surface area (Å²) in [7, 11) is -3.40. The number of rotatable bonds is 4. The molecule has 1 aliphatic heterocycles. The van der Waals surface area contributed by atoms with Gasteiger partial charge in [-0.05, 0) is 44.7 Å². The molecule has 1 aliphatic rings. The van der Waals surface area contributed by atoms with Crippen LogP contribution in [0, 0.1) is 12.8 Å². The van der Waals surface area contributed by atoms with E-state index in [1.165, 1.54) is 11.3 Å². The van der Waals surface area contributed by atoms with Crippen LogP contribution in [0.15, 0.2) is 21.7 Å². The van der Waals surface area contributed by atoms with Gasteiger partial charge in [-0.15, -0.1) is 35.1 Å². The molecule has 3 rings (SSSR count). The van der Waals surface area contributed by atoms with Crippen molar-refractivity contribution in [3.8, 4) is 10.6 Å². The number of hydrogen-bond acceptors (Lipinski definition) is 6. The molecule has 1 saturated heterocycles. The molecule has 1 fully saturated rings. The van der Waals surface area contributed by atoms with Crippen molar-refractivity contribution in [1.29, 1.82) is 0 Å². The van der Waals surface area contributed by atoms with Gasteiger partial charge in [0.15, 0.2) is 0 Å². The van der Waals surface area contributed by atoms with E-state index in [1.807, 2.05) is 25.3 Å². The monoisotopic (exact) mass is 407 g/mol. The fraction of sp³-hybridized carbons (Fsp3) is 0.533. The Balaban J connectivity index is 0.00000208. The maximum absolute atomic E-state index is 12.8. The summed E-state index contributed by atoms with van der Waals surface area (Å²) in [5.74, 6) is 0.415. The third-order valence-corrected chi connectivity index (χ3v) is 8.54. The van der Waals surface area contributed by atoms with E-state index in [-0.39, 0.29) is 18.4 Å². The Morgan fingerprint density at radius 2 is 2.00 bits per heavy atom. The molecule has 0 bridgehead atoms. The predicted molar refractivity (Wildman–Crippen MR) is 103 cm³/mol. The van der Waals surface area contributed by atoms with Crippen LogP contribution < -0.4 is 5.73 Å². The summed E-state index contributed by atoms with van der Waals surface area (Å²) in [5.41, 5.74) is 6.79. The summed E-state index contributed by atoms with van der Waals surface area (Å²) in [6.45, 7) is 5.05. The Bertz CT molecular complexity index is 777. The number of thiophene rings is 1. The highest BCUT2D eigenvalue weighted by molar-refractivity contribution is 7.91. The van der Waals surface area contributed by atoms with Crippen LogP contribution in [0.1, 0.15) is 24.8 Å². The van der Waals surface area contributed by atoms with Crippen LogP contribution in [-0.2, 0) is 10.0 Å². The van der Waals surface area contributed by atoms with Crippen LogP contribution in [0.3, 0.4) is 0 Å². The van der Waals surface area contributed by atoms with Gasteiger partial charge in [-0.3, -0.25) is 0 Å². The first-order valence-corrected chi connectivity index (χ1v) is 10.8. The van der Waals surface area contributed by atoms with E-state index in [9.17, 15) is 8.42 Å². The molecule has 9 heteroatoms. The van der Waals surface area contributed by atoms with Crippen molar-refractivity contribution in [3.05, 3.63) is 22.5 Å². The van der Waals surface area contributed by atoms with Crippen molar-refractivity contribution in [2.24, 2.45) is 11.7 Å². The van der Waals surface area contributed by atoms with Crippen LogP contribution in [0.2, 0.25) is 0 Å². The molecular weight excluding hydrogens is 386 g/mol. The van der Waals surface area contributed by atoms with Crippen LogP contribution in [-0.4, -0.2) is 36.8 Å². The zero-order valence-corrected chi connectivity index (χ0v) is 16.9. The lowest BCUT2D eigenvalue weighted by atomic mass is 9.92. The highest BCUT2D eigenvalue weighted by atomic mass is 35.5. The second-order valence-electron chi connectivity index (χ2n) is 5.97. The molecule has 2 aromatic heterocycles. The molecule has 0 amide bonds. The Morgan fingerprint density at radius 3 is 2.54 bits per heavy atom. The molecule has 0 aromatic carbocycles. The summed E-state index contributed by atoms with van der Waals surface area (Å²) in [5, 5.41) is 2.95. The van der Waals surface area contributed by atoms with Crippen molar-refractivity contribution < 1.29 is 8.42 Å². The maximum Gasteiger partial charge on any atom is 0.252 e. The highest BCUT2D eigenvalue weighted by Gasteiger charge is 2.31. The molecule has 24 heavy (non-hydrogen) atoms. The first-order chi connectivity index (χ1) is 10.9. The number of halogens is 1. The molecular formula is C15H22ClN3O2S3. The van der Waals surface area contributed by atoms with Crippen LogP contribution in [0.4, 0.5) is 0 Å². The number of nitrogens with zero attached hydrogens (tertiary/aromatic N) is 2. The van der Waals surface area contributed by atoms with E-state index < -0.39 is 10.0 Å². The van der Waals surface area contributed by atoms with Gasteiger partial charge >= 0.3 is 0 Å². The van der Waals surface area contributed by atoms with Crippen molar-refractivity contribution in [2.45, 2.75) is 36.9 Å². The van der Waals surface area contributed by atoms with E-state index >= 15 is 0 Å². The molecule has 1 unspecified atom stereocenters. The SMILES string of the molecule is Cc1nc(-c2ccc(S(=O)(=O)N3CCC(C(C)N)CC3)s2)cs1.Cl. The lowest BCUT2D eigenvalue weighted by molar-refractivity contribution is 0.251. The van der Waals surface area contributed by atoms with Crippen molar-refractivity contribution in [2.75, 3.05) is 13.1 Å². The van der Waals surface area contributed by atoms with Crippen LogP contribution in [0.25, 0.3) is 10.6 Å². The molecule has 1 atom stereocenters. The van der Waals surface area contributed by atoms with Crippen LogP contribution in [0.5, 0.6) is 0 Å². The lowest BCUT2D eigenvalue weighted by Crippen LogP contribution is -2.42. The van der Waals surface area contributed by atoms with Gasteiger partial charge in [-0.2, -0.15) is 4.31 Å². The Kier molecular flexibility index (Phi) is 6.44. The molecule has 0 radical (unpaired) electrons. The molecule has 134 valence electrons. The standard InChI is InChI=1S/C15H21N3O2S3.ClH/c1-10(16)12-5-7-18(8-6-12)23(19,20)15-4-3-14(22-15)13-9-21-11(2)17-13;/h3-4,9-10,12H,5-8,16H2,1-2H3;1H. The minimum Gasteiger partial charge on any atom is -0.328 e. The Morgan fingerprint density at radius 1 is 1.33 bits per heavy atom. The third kappa shape index (κ3) is 4.00. The number of aryl methyl sites for hydroxylation is 1. The maximum atomic E-state index is 12.8. The zero-order chi connectivity index (χ0) is 16.6. The first kappa shape index (κ1) is 19.8. The minimum absolute atomic E-state index is 0. The largest absolute Gasteiger partial charge is 0.328 e. The molecule has 3 heterocycles. The topological polar surface area (TPSA) is 76.3 Å². The molecule has 0 spiro atoms. The number of piperidine rings is 1. The van der Waals surface area contributed by atoms with Gasteiger partial charge in [0, 0.05) is 24.5 Å².